The maximum Gasteiger partial charge on any atom is 0.179 e. The number of hydrogen-bond acceptors (Lipinski definition) is 7. The summed E-state index contributed by atoms with van der Waals surface area (Å²) in [5, 5.41) is 19.8. The number of phenols is 1. The monoisotopic (exact) mass is 213 g/mol. The molecule has 0 aromatic heterocycles. The Balaban J connectivity index is 3.34. The predicted octanol–water partition coefficient (Wildman–Crippen LogP) is 1.51. The van der Waals surface area contributed by atoms with Crippen molar-refractivity contribution in [1.82, 2.24) is 0 Å². The maximum absolute atomic E-state index is 11.1. The van der Waals surface area contributed by atoms with Crippen LogP contribution in [-0.2, 0) is 0 Å². The second kappa shape index (κ2) is 4.38. The highest BCUT2D eigenvalue weighted by molar-refractivity contribution is 5.99. The molecule has 0 spiro atoms. The van der Waals surface area contributed by atoms with Gasteiger partial charge in [0.2, 0.25) is 0 Å². The molecular formula is C8H7NO6. The number of carbonyl (C=O) groups excluding carboxylic acids is 1. The molecule has 0 bridgehead atoms. The van der Waals surface area contributed by atoms with Crippen molar-refractivity contribution in [2.75, 3.05) is 0 Å². The summed E-state index contributed by atoms with van der Waals surface area (Å²) in [4.78, 5) is 29.0. The first-order valence-electron chi connectivity index (χ1n) is 3.79. The smallest absolute Gasteiger partial charge is 0.179 e. The Morgan fingerprint density at radius 2 is 2.13 bits per heavy atom. The zero-order valence-corrected chi connectivity index (χ0v) is 7.63. The van der Waals surface area contributed by atoms with Gasteiger partial charge in [0.1, 0.15) is 11.3 Å². The van der Waals surface area contributed by atoms with Gasteiger partial charge in [-0.15, -0.1) is 4.91 Å². The Labute approximate surface area is 83.7 Å². The van der Waals surface area contributed by atoms with Gasteiger partial charge in [0.15, 0.2) is 22.6 Å². The Morgan fingerprint density at radius 1 is 1.47 bits per heavy atom. The van der Waals surface area contributed by atoms with E-state index in [1.807, 2.05) is 0 Å². The number of phenolic OH excluding ortho intramolecular Hbond substituents is 1. The SMILES string of the molecule is CC(=O)c1c(O)cc(OO)cc1ON=O. The lowest BCUT2D eigenvalue weighted by molar-refractivity contribution is -0.137. The van der Waals surface area contributed by atoms with Crippen molar-refractivity contribution >= 4 is 5.78 Å². The number of ketones is 1. The molecule has 7 heteroatoms. The van der Waals surface area contributed by atoms with Crippen LogP contribution in [0.4, 0.5) is 0 Å². The fourth-order valence-corrected chi connectivity index (χ4v) is 1.09. The zero-order valence-electron chi connectivity index (χ0n) is 7.63. The fraction of sp³-hybridized carbons (Fsp3) is 0.125. The molecule has 0 aliphatic heterocycles. The van der Waals surface area contributed by atoms with E-state index in [-0.39, 0.29) is 17.1 Å². The summed E-state index contributed by atoms with van der Waals surface area (Å²) in [6, 6.07) is 2.03. The normalized spacial score (nSPS) is 9.47. The lowest BCUT2D eigenvalue weighted by atomic mass is 10.1. The molecule has 15 heavy (non-hydrogen) atoms. The van der Waals surface area contributed by atoms with Crippen LogP contribution in [0.15, 0.2) is 17.5 Å². The highest BCUT2D eigenvalue weighted by atomic mass is 17.1. The topological polar surface area (TPSA) is 105 Å². The summed E-state index contributed by atoms with van der Waals surface area (Å²) in [7, 11) is 0. The molecule has 0 unspecified atom stereocenters. The van der Waals surface area contributed by atoms with Crippen LogP contribution in [0, 0.1) is 4.91 Å². The average Bonchev–Trinajstić information content (AvgIpc) is 2.16. The average molecular weight is 213 g/mol. The van der Waals surface area contributed by atoms with Crippen molar-refractivity contribution < 1.29 is 24.9 Å². The van der Waals surface area contributed by atoms with Gasteiger partial charge in [-0.25, -0.2) is 5.26 Å². The van der Waals surface area contributed by atoms with Crippen molar-refractivity contribution in [3.63, 3.8) is 0 Å². The van der Waals surface area contributed by atoms with Gasteiger partial charge in [-0.3, -0.25) is 4.79 Å². The number of aromatic hydroxyl groups is 1. The van der Waals surface area contributed by atoms with Gasteiger partial charge in [-0.1, -0.05) is 0 Å². The summed E-state index contributed by atoms with van der Waals surface area (Å²) in [6.07, 6.45) is 0. The summed E-state index contributed by atoms with van der Waals surface area (Å²) < 4.78 is 0. The van der Waals surface area contributed by atoms with E-state index in [4.69, 9.17) is 5.26 Å². The molecule has 7 nitrogen and oxygen atoms in total. The Hall–Kier alpha value is -2.15. The molecule has 0 atom stereocenters. The van der Waals surface area contributed by atoms with Crippen LogP contribution >= 0.6 is 0 Å². The van der Waals surface area contributed by atoms with E-state index in [0.717, 1.165) is 12.1 Å². The molecular weight excluding hydrogens is 206 g/mol. The van der Waals surface area contributed by atoms with E-state index in [1.54, 1.807) is 0 Å². The molecule has 0 amide bonds. The second-order valence-corrected chi connectivity index (χ2v) is 2.63. The highest BCUT2D eigenvalue weighted by Gasteiger charge is 2.17. The number of carbonyl (C=O) groups is 1. The van der Waals surface area contributed by atoms with Gasteiger partial charge in [0, 0.05) is 12.1 Å². The van der Waals surface area contributed by atoms with Crippen LogP contribution < -0.4 is 9.73 Å². The molecule has 0 saturated heterocycles. The van der Waals surface area contributed by atoms with Crippen molar-refractivity contribution in [2.45, 2.75) is 6.92 Å². The Morgan fingerprint density at radius 3 is 2.60 bits per heavy atom. The molecule has 80 valence electrons. The first kappa shape index (κ1) is 10.9. The molecule has 0 fully saturated rings. The standard InChI is InChI=1S/C8H7NO6/c1-4(10)8-6(11)2-5(15-13)3-7(8)14-9-12/h2-3,11,13H,1H3. The lowest BCUT2D eigenvalue weighted by Crippen LogP contribution is -1.98. The largest absolute Gasteiger partial charge is 0.507 e. The van der Waals surface area contributed by atoms with E-state index in [2.05, 4.69) is 15.1 Å². The van der Waals surface area contributed by atoms with Gasteiger partial charge in [0.25, 0.3) is 0 Å². The van der Waals surface area contributed by atoms with Crippen LogP contribution in [0.3, 0.4) is 0 Å². The highest BCUT2D eigenvalue weighted by Crippen LogP contribution is 2.33. The van der Waals surface area contributed by atoms with Crippen molar-refractivity contribution in [3.8, 4) is 17.2 Å². The van der Waals surface area contributed by atoms with E-state index in [9.17, 15) is 14.8 Å². The van der Waals surface area contributed by atoms with Crippen LogP contribution in [0.5, 0.6) is 17.2 Å². The lowest BCUT2D eigenvalue weighted by Gasteiger charge is -2.06. The van der Waals surface area contributed by atoms with E-state index < -0.39 is 11.5 Å². The summed E-state index contributed by atoms with van der Waals surface area (Å²) in [5.41, 5.74) is -0.213. The molecule has 0 saturated carbocycles. The number of nitrogens with zero attached hydrogens (tertiary/aromatic N) is 1. The fourth-order valence-electron chi connectivity index (χ4n) is 1.09. The summed E-state index contributed by atoms with van der Waals surface area (Å²) in [6.45, 7) is 1.17. The van der Waals surface area contributed by atoms with Gasteiger partial charge >= 0.3 is 0 Å². The first-order chi connectivity index (χ1) is 7.10. The van der Waals surface area contributed by atoms with Gasteiger partial charge < -0.3 is 14.8 Å². The zero-order chi connectivity index (χ0) is 11.4. The molecule has 0 aliphatic rings. The number of hydrogen-bond donors (Lipinski definition) is 2. The molecule has 0 radical (unpaired) electrons. The predicted molar refractivity (Wildman–Crippen MR) is 47.8 cm³/mol. The van der Waals surface area contributed by atoms with Gasteiger partial charge in [-0.2, -0.15) is 0 Å². The molecule has 1 aromatic carbocycles. The second-order valence-electron chi connectivity index (χ2n) is 2.63. The minimum atomic E-state index is -0.518. The first-order valence-corrected chi connectivity index (χ1v) is 3.79. The van der Waals surface area contributed by atoms with E-state index in [0.29, 0.717) is 0 Å². The number of benzene rings is 1. The van der Waals surface area contributed by atoms with Crippen molar-refractivity contribution in [3.05, 3.63) is 22.6 Å². The third kappa shape index (κ3) is 2.20. The maximum atomic E-state index is 11.1. The van der Waals surface area contributed by atoms with Crippen molar-refractivity contribution in [1.29, 1.82) is 0 Å². The number of rotatable bonds is 4. The minimum Gasteiger partial charge on any atom is -0.507 e. The van der Waals surface area contributed by atoms with Crippen LogP contribution in [-0.4, -0.2) is 16.1 Å². The van der Waals surface area contributed by atoms with Crippen LogP contribution in [0.25, 0.3) is 0 Å². The molecule has 0 aliphatic carbocycles. The van der Waals surface area contributed by atoms with E-state index in [1.165, 1.54) is 6.92 Å². The van der Waals surface area contributed by atoms with Crippen molar-refractivity contribution in [2.24, 2.45) is 5.34 Å². The minimum absolute atomic E-state index is 0.184. The molecule has 1 aromatic rings. The Bertz CT molecular complexity index is 402. The molecule has 1 rings (SSSR count). The Kier molecular flexibility index (Phi) is 3.19. The molecule has 0 heterocycles. The van der Waals surface area contributed by atoms with E-state index >= 15 is 0 Å². The third-order valence-corrected chi connectivity index (χ3v) is 1.65. The van der Waals surface area contributed by atoms with Gasteiger partial charge in [0.05, 0.1) is 0 Å². The summed E-state index contributed by atoms with van der Waals surface area (Å²) >= 11 is 0. The third-order valence-electron chi connectivity index (χ3n) is 1.65. The quantitative estimate of drug-likeness (QED) is 0.340. The summed E-state index contributed by atoms with van der Waals surface area (Å²) in [5.74, 6) is -1.47. The molecule has 2 N–H and O–H groups in total. The van der Waals surface area contributed by atoms with Gasteiger partial charge in [-0.05, 0) is 6.92 Å². The number of Topliss-reactive ketones (excluding diaryl/α,β-unsaturated/α-hetero) is 1. The van der Waals surface area contributed by atoms with Crippen LogP contribution in [0.1, 0.15) is 17.3 Å². The van der Waals surface area contributed by atoms with Crippen LogP contribution in [0.2, 0.25) is 0 Å².